The summed E-state index contributed by atoms with van der Waals surface area (Å²) in [6.07, 6.45) is 3.59. The third kappa shape index (κ3) is 3.70. The highest BCUT2D eigenvalue weighted by atomic mass is 16.5. The molecule has 4 heterocycles. The van der Waals surface area contributed by atoms with Gasteiger partial charge >= 0.3 is 5.69 Å². The molecule has 4 aromatic rings. The van der Waals surface area contributed by atoms with Gasteiger partial charge in [0, 0.05) is 24.8 Å². The molecule has 0 atom stereocenters. The van der Waals surface area contributed by atoms with E-state index in [9.17, 15) is 9.59 Å². The first-order valence-electron chi connectivity index (χ1n) is 10.8. The molecule has 3 aromatic heterocycles. The van der Waals surface area contributed by atoms with Gasteiger partial charge < -0.3 is 9.42 Å². The molecule has 1 aromatic carbocycles. The molecule has 32 heavy (non-hydrogen) atoms. The predicted octanol–water partition coefficient (Wildman–Crippen LogP) is 2.78. The van der Waals surface area contributed by atoms with Crippen molar-refractivity contribution in [2.45, 2.75) is 33.2 Å². The van der Waals surface area contributed by atoms with Crippen LogP contribution in [0.1, 0.15) is 25.3 Å². The van der Waals surface area contributed by atoms with Crippen molar-refractivity contribution in [3.8, 4) is 22.8 Å². The summed E-state index contributed by atoms with van der Waals surface area (Å²) in [7, 11) is 0. The van der Waals surface area contributed by atoms with Gasteiger partial charge in [-0.25, -0.2) is 13.9 Å². The molecular weight excluding hydrogens is 408 g/mol. The summed E-state index contributed by atoms with van der Waals surface area (Å²) < 4.78 is 8.09. The highest BCUT2D eigenvalue weighted by molar-refractivity contribution is 5.76. The molecule has 9 nitrogen and oxygen atoms in total. The van der Waals surface area contributed by atoms with Gasteiger partial charge in [0.2, 0.25) is 11.7 Å². The summed E-state index contributed by atoms with van der Waals surface area (Å²) in [5.41, 5.74) is 2.47. The van der Waals surface area contributed by atoms with Crippen LogP contribution in [0.5, 0.6) is 0 Å². The van der Waals surface area contributed by atoms with Crippen LogP contribution in [0.25, 0.3) is 28.5 Å². The van der Waals surface area contributed by atoms with Crippen LogP contribution in [0, 0.1) is 12.8 Å². The van der Waals surface area contributed by atoms with Crippen LogP contribution in [0.4, 0.5) is 0 Å². The fraction of sp³-hybridized carbons (Fsp3) is 0.348. The van der Waals surface area contributed by atoms with Crippen LogP contribution < -0.4 is 5.69 Å². The van der Waals surface area contributed by atoms with Crippen LogP contribution in [-0.2, 0) is 11.3 Å². The van der Waals surface area contributed by atoms with E-state index < -0.39 is 0 Å². The zero-order valence-electron chi connectivity index (χ0n) is 18.1. The second-order valence-corrected chi connectivity index (χ2v) is 8.41. The third-order valence-electron chi connectivity index (χ3n) is 5.96. The molecule has 9 heteroatoms. The second kappa shape index (κ2) is 8.07. The SMILES string of the molecule is Cc1cccc(-c2noc(-c3cccn4c(=O)n(CC(=O)N5CCC(C)CC5)nc34)n2)c1. The minimum absolute atomic E-state index is 0.0906. The Kier molecular flexibility index (Phi) is 5.08. The Morgan fingerprint density at radius 1 is 1.19 bits per heavy atom. The lowest BCUT2D eigenvalue weighted by atomic mass is 9.99. The van der Waals surface area contributed by atoms with Gasteiger partial charge in [0.15, 0.2) is 5.65 Å². The molecule has 1 amide bonds. The molecule has 5 rings (SSSR count). The number of likely N-dealkylation sites (tertiary alicyclic amines) is 1. The van der Waals surface area contributed by atoms with E-state index in [0.717, 1.165) is 37.1 Å². The standard InChI is InChI=1S/C23H24N6O3/c1-15-8-11-27(12-9-15)19(30)14-29-23(31)28-10-4-7-18(21(28)25-29)22-24-20(26-32-22)17-6-3-5-16(2)13-17/h3-7,10,13,15H,8-9,11-12,14H2,1-2H3. The molecule has 0 aliphatic carbocycles. The number of carbonyl (C=O) groups excluding carboxylic acids is 1. The lowest BCUT2D eigenvalue weighted by Gasteiger charge is -2.30. The molecule has 0 saturated carbocycles. The van der Waals surface area contributed by atoms with E-state index in [-0.39, 0.29) is 24.0 Å². The first-order chi connectivity index (χ1) is 15.5. The monoisotopic (exact) mass is 432 g/mol. The third-order valence-corrected chi connectivity index (χ3v) is 5.96. The first-order valence-corrected chi connectivity index (χ1v) is 10.8. The van der Waals surface area contributed by atoms with Gasteiger partial charge in [-0.2, -0.15) is 4.98 Å². The highest BCUT2D eigenvalue weighted by Crippen LogP contribution is 2.25. The van der Waals surface area contributed by atoms with Crippen molar-refractivity contribution in [1.29, 1.82) is 0 Å². The maximum absolute atomic E-state index is 12.9. The van der Waals surface area contributed by atoms with Crippen molar-refractivity contribution in [1.82, 2.24) is 29.2 Å². The van der Waals surface area contributed by atoms with Gasteiger partial charge in [0.25, 0.3) is 5.89 Å². The van der Waals surface area contributed by atoms with Crippen LogP contribution in [0.2, 0.25) is 0 Å². The highest BCUT2D eigenvalue weighted by Gasteiger charge is 2.23. The lowest BCUT2D eigenvalue weighted by molar-refractivity contribution is -0.133. The smallest absolute Gasteiger partial charge is 0.341 e. The maximum Gasteiger partial charge on any atom is 0.350 e. The largest absolute Gasteiger partial charge is 0.350 e. The summed E-state index contributed by atoms with van der Waals surface area (Å²) in [6.45, 7) is 5.54. The molecule has 0 spiro atoms. The summed E-state index contributed by atoms with van der Waals surface area (Å²) in [4.78, 5) is 31.9. The van der Waals surface area contributed by atoms with Crippen LogP contribution in [-0.4, -0.2) is 48.2 Å². The fourth-order valence-corrected chi connectivity index (χ4v) is 4.03. The summed E-state index contributed by atoms with van der Waals surface area (Å²) in [5, 5.41) is 8.51. The molecule has 1 aliphatic rings. The maximum atomic E-state index is 12.9. The van der Waals surface area contributed by atoms with E-state index in [1.165, 1.54) is 9.08 Å². The number of carbonyl (C=O) groups is 1. The fourth-order valence-electron chi connectivity index (χ4n) is 4.03. The first kappa shape index (κ1) is 20.2. The van der Waals surface area contributed by atoms with Gasteiger partial charge in [0.05, 0.1) is 5.56 Å². The average molecular weight is 432 g/mol. The van der Waals surface area contributed by atoms with Crippen molar-refractivity contribution in [3.05, 3.63) is 58.6 Å². The van der Waals surface area contributed by atoms with E-state index in [1.54, 1.807) is 18.3 Å². The second-order valence-electron chi connectivity index (χ2n) is 8.41. The van der Waals surface area contributed by atoms with E-state index in [4.69, 9.17) is 4.52 Å². The van der Waals surface area contributed by atoms with Gasteiger partial charge in [-0.1, -0.05) is 35.8 Å². The topological polar surface area (TPSA) is 98.5 Å². The van der Waals surface area contributed by atoms with Crippen molar-refractivity contribution in [2.24, 2.45) is 5.92 Å². The number of nitrogens with zero attached hydrogens (tertiary/aromatic N) is 6. The molecule has 0 bridgehead atoms. The molecule has 164 valence electrons. The van der Waals surface area contributed by atoms with Crippen molar-refractivity contribution in [3.63, 3.8) is 0 Å². The van der Waals surface area contributed by atoms with Crippen LogP contribution in [0.15, 0.2) is 51.9 Å². The molecular formula is C23H24N6O3. The van der Waals surface area contributed by atoms with E-state index >= 15 is 0 Å². The Bertz CT molecular complexity index is 1340. The Hall–Kier alpha value is -3.75. The summed E-state index contributed by atoms with van der Waals surface area (Å²) in [5.74, 6) is 1.25. The molecule has 1 saturated heterocycles. The van der Waals surface area contributed by atoms with E-state index in [0.29, 0.717) is 23.0 Å². The van der Waals surface area contributed by atoms with Gasteiger partial charge in [-0.05, 0) is 43.9 Å². The number of aromatic nitrogens is 5. The zero-order valence-corrected chi connectivity index (χ0v) is 18.1. The van der Waals surface area contributed by atoms with Crippen LogP contribution >= 0.6 is 0 Å². The molecule has 1 fully saturated rings. The Morgan fingerprint density at radius 2 is 2.00 bits per heavy atom. The number of piperidine rings is 1. The van der Waals surface area contributed by atoms with Crippen molar-refractivity contribution in [2.75, 3.05) is 13.1 Å². The molecule has 0 N–H and O–H groups in total. The van der Waals surface area contributed by atoms with Gasteiger partial charge in [-0.15, -0.1) is 5.10 Å². The summed E-state index contributed by atoms with van der Waals surface area (Å²) >= 11 is 0. The number of hydrogen-bond donors (Lipinski definition) is 0. The number of fused-ring (bicyclic) bond motifs is 1. The van der Waals surface area contributed by atoms with E-state index in [1.807, 2.05) is 36.1 Å². The zero-order chi connectivity index (χ0) is 22.2. The Labute approximate surface area is 184 Å². The minimum atomic E-state index is -0.376. The number of pyridine rings is 1. The molecule has 0 unspecified atom stereocenters. The number of benzene rings is 1. The van der Waals surface area contributed by atoms with Crippen molar-refractivity contribution >= 4 is 11.6 Å². The Morgan fingerprint density at radius 3 is 2.78 bits per heavy atom. The van der Waals surface area contributed by atoms with Gasteiger partial charge in [-0.3, -0.25) is 4.79 Å². The minimum Gasteiger partial charge on any atom is -0.341 e. The normalized spacial score (nSPS) is 14.9. The molecule has 1 aliphatic heterocycles. The summed E-state index contributed by atoms with van der Waals surface area (Å²) in [6, 6.07) is 11.3. The van der Waals surface area contributed by atoms with E-state index in [2.05, 4.69) is 22.2 Å². The van der Waals surface area contributed by atoms with Crippen LogP contribution in [0.3, 0.4) is 0 Å². The predicted molar refractivity (Wildman–Crippen MR) is 118 cm³/mol. The quantitative estimate of drug-likeness (QED) is 0.492. The number of amides is 1. The van der Waals surface area contributed by atoms with Crippen molar-refractivity contribution < 1.29 is 9.32 Å². The molecule has 0 radical (unpaired) electrons. The number of hydrogen-bond acceptors (Lipinski definition) is 6. The Balaban J connectivity index is 1.46. The lowest BCUT2D eigenvalue weighted by Crippen LogP contribution is -2.41. The number of rotatable bonds is 4. The van der Waals surface area contributed by atoms with Gasteiger partial charge in [0.1, 0.15) is 6.54 Å². The average Bonchev–Trinajstić information content (AvgIpc) is 3.40. The number of aryl methyl sites for hydroxylation is 1.